The monoisotopic (exact) mass is 264 g/mol. The van der Waals surface area contributed by atoms with E-state index in [-0.39, 0.29) is 5.92 Å². The van der Waals surface area contributed by atoms with Crippen LogP contribution in [0.25, 0.3) is 0 Å². The standard InChI is InChI=1S/C14H20N2O3/c1-4-9(3)12(14(18)19)16-13(17)10-7-8(2)5-6-11(10)15/h5-7,9,12H,4,15H2,1-3H3,(H,16,17)(H,18,19)/t9-,12-/m0/s1. The van der Waals surface area contributed by atoms with Gasteiger partial charge >= 0.3 is 5.97 Å². The van der Waals surface area contributed by atoms with Crippen LogP contribution in [0.2, 0.25) is 0 Å². The highest BCUT2D eigenvalue weighted by Crippen LogP contribution is 2.15. The highest BCUT2D eigenvalue weighted by atomic mass is 16.4. The molecule has 2 atom stereocenters. The van der Waals surface area contributed by atoms with Crippen LogP contribution < -0.4 is 11.1 Å². The number of carboxylic acids is 1. The molecule has 0 spiro atoms. The van der Waals surface area contributed by atoms with Crippen LogP contribution in [-0.4, -0.2) is 23.0 Å². The molecule has 1 rings (SSSR count). The van der Waals surface area contributed by atoms with Gasteiger partial charge in [0.25, 0.3) is 5.91 Å². The zero-order chi connectivity index (χ0) is 14.6. The molecule has 0 saturated heterocycles. The molecule has 0 fully saturated rings. The Morgan fingerprint density at radius 3 is 2.58 bits per heavy atom. The summed E-state index contributed by atoms with van der Waals surface area (Å²) in [7, 11) is 0. The second-order valence-corrected chi connectivity index (χ2v) is 4.77. The summed E-state index contributed by atoms with van der Waals surface area (Å²) in [4.78, 5) is 23.3. The zero-order valence-corrected chi connectivity index (χ0v) is 11.4. The van der Waals surface area contributed by atoms with Gasteiger partial charge in [0.2, 0.25) is 0 Å². The molecule has 1 aromatic carbocycles. The number of amides is 1. The van der Waals surface area contributed by atoms with E-state index in [0.29, 0.717) is 17.7 Å². The molecule has 4 N–H and O–H groups in total. The first-order valence-electron chi connectivity index (χ1n) is 6.26. The number of benzene rings is 1. The molecule has 0 heterocycles. The Morgan fingerprint density at radius 2 is 2.05 bits per heavy atom. The number of aliphatic carboxylic acids is 1. The minimum Gasteiger partial charge on any atom is -0.480 e. The highest BCUT2D eigenvalue weighted by molar-refractivity contribution is 6.01. The molecular weight excluding hydrogens is 244 g/mol. The molecule has 0 aliphatic carbocycles. The van der Waals surface area contributed by atoms with E-state index in [9.17, 15) is 9.59 Å². The summed E-state index contributed by atoms with van der Waals surface area (Å²) < 4.78 is 0. The van der Waals surface area contributed by atoms with Crippen molar-refractivity contribution in [3.63, 3.8) is 0 Å². The zero-order valence-electron chi connectivity index (χ0n) is 11.4. The van der Waals surface area contributed by atoms with Crippen LogP contribution in [0, 0.1) is 12.8 Å². The van der Waals surface area contributed by atoms with Gasteiger partial charge in [-0.05, 0) is 25.0 Å². The summed E-state index contributed by atoms with van der Waals surface area (Å²) in [5.41, 5.74) is 7.30. The van der Waals surface area contributed by atoms with Crippen molar-refractivity contribution in [2.75, 3.05) is 5.73 Å². The third kappa shape index (κ3) is 3.71. The number of hydrogen-bond acceptors (Lipinski definition) is 3. The summed E-state index contributed by atoms with van der Waals surface area (Å²) in [5.74, 6) is -1.63. The Morgan fingerprint density at radius 1 is 1.42 bits per heavy atom. The topological polar surface area (TPSA) is 92.4 Å². The van der Waals surface area contributed by atoms with Crippen molar-refractivity contribution in [3.8, 4) is 0 Å². The molecule has 0 unspecified atom stereocenters. The minimum absolute atomic E-state index is 0.146. The normalized spacial score (nSPS) is 13.6. The lowest BCUT2D eigenvalue weighted by molar-refractivity contribution is -0.140. The average Bonchev–Trinajstić information content (AvgIpc) is 2.37. The Labute approximate surface area is 112 Å². The molecule has 1 aromatic rings. The molecule has 0 radical (unpaired) electrons. The van der Waals surface area contributed by atoms with Crippen LogP contribution in [-0.2, 0) is 4.79 Å². The van der Waals surface area contributed by atoms with E-state index >= 15 is 0 Å². The summed E-state index contributed by atoms with van der Waals surface area (Å²) in [5, 5.41) is 11.7. The molecule has 19 heavy (non-hydrogen) atoms. The van der Waals surface area contributed by atoms with Crippen molar-refractivity contribution in [2.45, 2.75) is 33.2 Å². The first-order valence-corrected chi connectivity index (χ1v) is 6.26. The number of carbonyl (C=O) groups is 2. The fourth-order valence-corrected chi connectivity index (χ4v) is 1.77. The van der Waals surface area contributed by atoms with Gasteiger partial charge in [-0.2, -0.15) is 0 Å². The van der Waals surface area contributed by atoms with Crippen LogP contribution in [0.1, 0.15) is 36.2 Å². The number of nitrogens with two attached hydrogens (primary N) is 1. The van der Waals surface area contributed by atoms with Crippen LogP contribution in [0.15, 0.2) is 18.2 Å². The Bertz CT molecular complexity index is 486. The number of nitrogen functional groups attached to an aromatic ring is 1. The maximum Gasteiger partial charge on any atom is 0.326 e. The molecular formula is C14H20N2O3. The maximum absolute atomic E-state index is 12.1. The van der Waals surface area contributed by atoms with Crippen LogP contribution in [0.3, 0.4) is 0 Å². The lowest BCUT2D eigenvalue weighted by atomic mass is 9.98. The van der Waals surface area contributed by atoms with E-state index in [0.717, 1.165) is 5.56 Å². The highest BCUT2D eigenvalue weighted by Gasteiger charge is 2.26. The lowest BCUT2D eigenvalue weighted by Gasteiger charge is -2.20. The first-order chi connectivity index (χ1) is 8.86. The van der Waals surface area contributed by atoms with Crippen molar-refractivity contribution in [1.82, 2.24) is 5.32 Å². The van der Waals surface area contributed by atoms with Gasteiger partial charge in [-0.3, -0.25) is 4.79 Å². The van der Waals surface area contributed by atoms with Crippen molar-refractivity contribution < 1.29 is 14.7 Å². The molecule has 0 aliphatic rings. The quantitative estimate of drug-likeness (QED) is 0.707. The smallest absolute Gasteiger partial charge is 0.326 e. The van der Waals surface area contributed by atoms with E-state index in [1.807, 2.05) is 13.8 Å². The van der Waals surface area contributed by atoms with Crippen molar-refractivity contribution >= 4 is 17.6 Å². The minimum atomic E-state index is -1.03. The number of aryl methyl sites for hydroxylation is 1. The number of rotatable bonds is 5. The molecule has 104 valence electrons. The molecule has 0 saturated carbocycles. The largest absolute Gasteiger partial charge is 0.480 e. The second-order valence-electron chi connectivity index (χ2n) is 4.77. The van der Waals surface area contributed by atoms with Gasteiger partial charge in [-0.1, -0.05) is 31.9 Å². The molecule has 0 aliphatic heterocycles. The Balaban J connectivity index is 2.94. The van der Waals surface area contributed by atoms with Gasteiger partial charge in [0.05, 0.1) is 5.56 Å². The van der Waals surface area contributed by atoms with Crippen molar-refractivity contribution in [3.05, 3.63) is 29.3 Å². The third-order valence-electron chi connectivity index (χ3n) is 3.22. The van der Waals surface area contributed by atoms with Gasteiger partial charge < -0.3 is 16.2 Å². The fraction of sp³-hybridized carbons (Fsp3) is 0.429. The van der Waals surface area contributed by atoms with Gasteiger partial charge in [-0.15, -0.1) is 0 Å². The van der Waals surface area contributed by atoms with E-state index in [1.54, 1.807) is 25.1 Å². The third-order valence-corrected chi connectivity index (χ3v) is 3.22. The van der Waals surface area contributed by atoms with Gasteiger partial charge in [0, 0.05) is 5.69 Å². The summed E-state index contributed by atoms with van der Waals surface area (Å²) >= 11 is 0. The van der Waals surface area contributed by atoms with E-state index in [1.165, 1.54) is 0 Å². The number of nitrogens with one attached hydrogen (secondary N) is 1. The van der Waals surface area contributed by atoms with Crippen LogP contribution in [0.5, 0.6) is 0 Å². The SMILES string of the molecule is CC[C@H](C)[C@H](NC(=O)c1cc(C)ccc1N)C(=O)O. The number of anilines is 1. The summed E-state index contributed by atoms with van der Waals surface area (Å²) in [6.07, 6.45) is 0.667. The second kappa shape index (κ2) is 6.22. The number of carbonyl (C=O) groups excluding carboxylic acids is 1. The van der Waals surface area contributed by atoms with Crippen molar-refractivity contribution in [1.29, 1.82) is 0 Å². The molecule has 5 heteroatoms. The van der Waals surface area contributed by atoms with Gasteiger partial charge in [0.15, 0.2) is 0 Å². The lowest BCUT2D eigenvalue weighted by Crippen LogP contribution is -2.45. The molecule has 5 nitrogen and oxygen atoms in total. The molecule has 0 bridgehead atoms. The van der Waals surface area contributed by atoms with E-state index in [4.69, 9.17) is 10.8 Å². The summed E-state index contributed by atoms with van der Waals surface area (Å²) in [6, 6.07) is 4.19. The van der Waals surface area contributed by atoms with Crippen LogP contribution in [0.4, 0.5) is 5.69 Å². The van der Waals surface area contributed by atoms with Gasteiger partial charge in [0.1, 0.15) is 6.04 Å². The Kier molecular flexibility index (Phi) is 4.92. The Hall–Kier alpha value is -2.04. The van der Waals surface area contributed by atoms with E-state index < -0.39 is 17.9 Å². The van der Waals surface area contributed by atoms with Gasteiger partial charge in [-0.25, -0.2) is 4.79 Å². The fourth-order valence-electron chi connectivity index (χ4n) is 1.77. The summed E-state index contributed by atoms with van der Waals surface area (Å²) in [6.45, 7) is 5.52. The predicted molar refractivity (Wildman–Crippen MR) is 73.9 cm³/mol. The van der Waals surface area contributed by atoms with Crippen LogP contribution >= 0.6 is 0 Å². The predicted octanol–water partition coefficient (Wildman–Crippen LogP) is 1.81. The van der Waals surface area contributed by atoms with Crippen molar-refractivity contribution in [2.24, 2.45) is 5.92 Å². The molecule has 0 aromatic heterocycles. The average molecular weight is 264 g/mol. The number of carboxylic acid groups (broad SMARTS) is 1. The number of hydrogen-bond donors (Lipinski definition) is 3. The van der Waals surface area contributed by atoms with E-state index in [2.05, 4.69) is 5.32 Å². The maximum atomic E-state index is 12.1. The molecule has 1 amide bonds. The first kappa shape index (κ1) is 15.0.